The molecule has 0 saturated heterocycles. The van der Waals surface area contributed by atoms with E-state index in [2.05, 4.69) is 4.37 Å². The highest BCUT2D eigenvalue weighted by atomic mass is 35.5. The van der Waals surface area contributed by atoms with Crippen molar-refractivity contribution >= 4 is 29.1 Å². The van der Waals surface area contributed by atoms with Gasteiger partial charge in [-0.1, -0.05) is 23.7 Å². The molecule has 1 aromatic heterocycles. The second-order valence-electron chi connectivity index (χ2n) is 2.89. The topological polar surface area (TPSA) is 50.2 Å². The van der Waals surface area contributed by atoms with E-state index in [0.717, 1.165) is 17.1 Å². The largest absolute Gasteiger partial charge is 0.477 e. The number of rotatable bonds is 2. The first-order chi connectivity index (χ1) is 7.16. The molecule has 0 spiro atoms. The molecule has 5 heteroatoms. The first-order valence-corrected chi connectivity index (χ1v) is 5.28. The van der Waals surface area contributed by atoms with Gasteiger partial charge in [0, 0.05) is 10.6 Å². The molecule has 0 bridgehead atoms. The number of hydrogen-bond acceptors (Lipinski definition) is 3. The van der Waals surface area contributed by atoms with E-state index in [-0.39, 0.29) is 4.88 Å². The van der Waals surface area contributed by atoms with E-state index in [0.29, 0.717) is 10.7 Å². The number of halogens is 1. The predicted molar refractivity (Wildman–Crippen MR) is 59.5 cm³/mol. The molecule has 0 aliphatic heterocycles. The standard InChI is InChI=1S/C10H6ClNO2S/c11-7-3-1-6(2-4-7)8-5-9(10(13)14)15-12-8/h1-5H,(H,13,14). The van der Waals surface area contributed by atoms with Crippen LogP contribution in [0.4, 0.5) is 0 Å². The molecule has 1 aromatic carbocycles. The summed E-state index contributed by atoms with van der Waals surface area (Å²) in [6.07, 6.45) is 0. The van der Waals surface area contributed by atoms with Crippen LogP contribution in [0.5, 0.6) is 0 Å². The highest BCUT2D eigenvalue weighted by molar-refractivity contribution is 7.08. The Labute approximate surface area is 95.1 Å². The Hall–Kier alpha value is -1.39. The molecule has 0 saturated carbocycles. The van der Waals surface area contributed by atoms with Gasteiger partial charge in [0.1, 0.15) is 4.88 Å². The van der Waals surface area contributed by atoms with Crippen LogP contribution in [-0.2, 0) is 0 Å². The maximum atomic E-state index is 10.6. The normalized spacial score (nSPS) is 10.2. The van der Waals surface area contributed by atoms with E-state index >= 15 is 0 Å². The van der Waals surface area contributed by atoms with Gasteiger partial charge in [-0.3, -0.25) is 0 Å². The molecule has 0 radical (unpaired) electrons. The third-order valence-corrected chi connectivity index (χ3v) is 2.89. The van der Waals surface area contributed by atoms with E-state index in [1.807, 2.05) is 12.1 Å². The van der Waals surface area contributed by atoms with Crippen LogP contribution in [-0.4, -0.2) is 15.4 Å². The molecule has 0 fully saturated rings. The molecule has 1 heterocycles. The molecule has 0 unspecified atom stereocenters. The smallest absolute Gasteiger partial charge is 0.347 e. The first kappa shape index (κ1) is 10.1. The third-order valence-electron chi connectivity index (χ3n) is 1.86. The summed E-state index contributed by atoms with van der Waals surface area (Å²) >= 11 is 6.72. The Morgan fingerprint density at radius 2 is 2.00 bits per heavy atom. The number of carboxylic acid groups (broad SMARTS) is 1. The van der Waals surface area contributed by atoms with Crippen molar-refractivity contribution in [1.29, 1.82) is 0 Å². The second-order valence-corrected chi connectivity index (χ2v) is 4.13. The molecule has 0 aliphatic carbocycles. The molecule has 2 aromatic rings. The van der Waals surface area contributed by atoms with Gasteiger partial charge in [-0.15, -0.1) is 0 Å². The Morgan fingerprint density at radius 1 is 1.33 bits per heavy atom. The van der Waals surface area contributed by atoms with Crippen molar-refractivity contribution < 1.29 is 9.90 Å². The van der Waals surface area contributed by atoms with Crippen molar-refractivity contribution in [2.45, 2.75) is 0 Å². The zero-order valence-corrected chi connectivity index (χ0v) is 9.05. The van der Waals surface area contributed by atoms with Gasteiger partial charge in [0.2, 0.25) is 0 Å². The average Bonchev–Trinajstić information content (AvgIpc) is 2.68. The Balaban J connectivity index is 2.37. The van der Waals surface area contributed by atoms with Gasteiger partial charge in [0.05, 0.1) is 5.69 Å². The summed E-state index contributed by atoms with van der Waals surface area (Å²) in [5.74, 6) is -0.951. The Morgan fingerprint density at radius 3 is 2.53 bits per heavy atom. The summed E-state index contributed by atoms with van der Waals surface area (Å²) in [4.78, 5) is 10.9. The van der Waals surface area contributed by atoms with E-state index in [1.165, 1.54) is 0 Å². The number of aromatic carboxylic acids is 1. The van der Waals surface area contributed by atoms with E-state index in [1.54, 1.807) is 18.2 Å². The molecule has 0 aliphatic rings. The highest BCUT2D eigenvalue weighted by Crippen LogP contribution is 2.23. The van der Waals surface area contributed by atoms with Crippen LogP contribution in [0.3, 0.4) is 0 Å². The van der Waals surface area contributed by atoms with Gasteiger partial charge in [-0.2, -0.15) is 4.37 Å². The minimum absolute atomic E-state index is 0.236. The van der Waals surface area contributed by atoms with Crippen molar-refractivity contribution in [1.82, 2.24) is 4.37 Å². The number of benzene rings is 1. The van der Waals surface area contributed by atoms with E-state index < -0.39 is 5.97 Å². The monoisotopic (exact) mass is 239 g/mol. The Bertz CT molecular complexity index is 492. The molecule has 76 valence electrons. The molecule has 1 N–H and O–H groups in total. The van der Waals surface area contributed by atoms with Gasteiger partial charge < -0.3 is 5.11 Å². The summed E-state index contributed by atoms with van der Waals surface area (Å²) in [5, 5.41) is 9.38. The quantitative estimate of drug-likeness (QED) is 0.876. The lowest BCUT2D eigenvalue weighted by Crippen LogP contribution is -1.89. The predicted octanol–water partition coefficient (Wildman–Crippen LogP) is 3.16. The van der Waals surface area contributed by atoms with Crippen LogP contribution < -0.4 is 0 Å². The molecule has 3 nitrogen and oxygen atoms in total. The molecular formula is C10H6ClNO2S. The maximum absolute atomic E-state index is 10.6. The van der Waals surface area contributed by atoms with Crippen molar-refractivity contribution in [3.05, 3.63) is 40.2 Å². The number of aromatic nitrogens is 1. The number of carboxylic acids is 1. The highest BCUT2D eigenvalue weighted by Gasteiger charge is 2.09. The van der Waals surface area contributed by atoms with E-state index in [4.69, 9.17) is 16.7 Å². The molecule has 2 rings (SSSR count). The van der Waals surface area contributed by atoms with Crippen LogP contribution in [0.1, 0.15) is 9.67 Å². The van der Waals surface area contributed by atoms with Crippen LogP contribution >= 0.6 is 23.1 Å². The van der Waals surface area contributed by atoms with Crippen LogP contribution in [0.25, 0.3) is 11.3 Å². The average molecular weight is 240 g/mol. The van der Waals surface area contributed by atoms with Gasteiger partial charge in [-0.25, -0.2) is 4.79 Å². The molecular weight excluding hydrogens is 234 g/mol. The van der Waals surface area contributed by atoms with Gasteiger partial charge in [0.25, 0.3) is 0 Å². The second kappa shape index (κ2) is 4.00. The van der Waals surface area contributed by atoms with Crippen molar-refractivity contribution in [3.8, 4) is 11.3 Å². The zero-order valence-electron chi connectivity index (χ0n) is 7.48. The Kier molecular flexibility index (Phi) is 2.70. The van der Waals surface area contributed by atoms with E-state index in [9.17, 15) is 4.79 Å². The minimum atomic E-state index is -0.951. The van der Waals surface area contributed by atoms with Crippen molar-refractivity contribution in [2.75, 3.05) is 0 Å². The van der Waals surface area contributed by atoms with Crippen molar-refractivity contribution in [2.24, 2.45) is 0 Å². The van der Waals surface area contributed by atoms with Gasteiger partial charge >= 0.3 is 5.97 Å². The van der Waals surface area contributed by atoms with Gasteiger partial charge in [0.15, 0.2) is 0 Å². The number of hydrogen-bond donors (Lipinski definition) is 1. The summed E-state index contributed by atoms with van der Waals surface area (Å²) in [7, 11) is 0. The van der Waals surface area contributed by atoms with Crippen LogP contribution in [0, 0.1) is 0 Å². The van der Waals surface area contributed by atoms with Gasteiger partial charge in [-0.05, 0) is 29.7 Å². The fourth-order valence-electron chi connectivity index (χ4n) is 1.13. The fraction of sp³-hybridized carbons (Fsp3) is 0. The van der Waals surface area contributed by atoms with Crippen LogP contribution in [0.2, 0.25) is 5.02 Å². The minimum Gasteiger partial charge on any atom is -0.477 e. The summed E-state index contributed by atoms with van der Waals surface area (Å²) in [5.41, 5.74) is 1.53. The first-order valence-electron chi connectivity index (χ1n) is 4.13. The SMILES string of the molecule is O=C(O)c1cc(-c2ccc(Cl)cc2)ns1. The lowest BCUT2D eigenvalue weighted by Gasteiger charge is -1.94. The summed E-state index contributed by atoms with van der Waals surface area (Å²) in [6.45, 7) is 0. The maximum Gasteiger partial charge on any atom is 0.347 e. The lowest BCUT2D eigenvalue weighted by atomic mass is 10.1. The lowest BCUT2D eigenvalue weighted by molar-refractivity contribution is 0.0702. The van der Waals surface area contributed by atoms with Crippen molar-refractivity contribution in [3.63, 3.8) is 0 Å². The van der Waals surface area contributed by atoms with Crippen LogP contribution in [0.15, 0.2) is 30.3 Å². The number of nitrogens with zero attached hydrogens (tertiary/aromatic N) is 1. The summed E-state index contributed by atoms with van der Waals surface area (Å²) < 4.78 is 4.06. The third kappa shape index (κ3) is 2.16. The number of carbonyl (C=O) groups is 1. The molecule has 0 amide bonds. The molecule has 0 atom stereocenters. The summed E-state index contributed by atoms with van der Waals surface area (Å²) in [6, 6.07) is 8.66. The fourth-order valence-corrected chi connectivity index (χ4v) is 1.86. The molecule has 15 heavy (non-hydrogen) atoms. The zero-order chi connectivity index (χ0) is 10.8.